The van der Waals surface area contributed by atoms with E-state index in [1.54, 1.807) is 21.0 Å². The summed E-state index contributed by atoms with van der Waals surface area (Å²) in [5.74, 6) is -5.23. The Bertz CT molecular complexity index is 671. The molecule has 0 heterocycles. The number of benzene rings is 1. The fourth-order valence-corrected chi connectivity index (χ4v) is 1.62. The van der Waals surface area contributed by atoms with Gasteiger partial charge in [0.2, 0.25) is 11.8 Å². The molecule has 0 aliphatic heterocycles. The van der Waals surface area contributed by atoms with E-state index in [4.69, 9.17) is 0 Å². The standard InChI is InChI=1S/C15H20F3N5O2.HI/c1-4-19-15(21-8-12(25)23(2)3)20-7-11(24)22-10-6-5-9(16)13(17)14(10)18;/h5-6H,4,7-8H2,1-3H3,(H,22,24)(H2,19,20,21);1H. The lowest BCUT2D eigenvalue weighted by atomic mass is 10.3. The highest BCUT2D eigenvalue weighted by atomic mass is 127. The van der Waals surface area contributed by atoms with Gasteiger partial charge in [0.15, 0.2) is 23.4 Å². The van der Waals surface area contributed by atoms with E-state index in [2.05, 4.69) is 20.9 Å². The van der Waals surface area contributed by atoms with Gasteiger partial charge < -0.3 is 20.9 Å². The Labute approximate surface area is 166 Å². The molecular formula is C15H21F3IN5O2. The number of nitrogens with zero attached hydrogens (tertiary/aromatic N) is 2. The van der Waals surface area contributed by atoms with E-state index in [9.17, 15) is 22.8 Å². The summed E-state index contributed by atoms with van der Waals surface area (Å²) in [5, 5.41) is 7.66. The normalized spacial score (nSPS) is 10.6. The number of carbonyl (C=O) groups excluding carboxylic acids is 2. The quantitative estimate of drug-likeness (QED) is 0.245. The zero-order valence-corrected chi connectivity index (χ0v) is 16.9. The molecule has 0 unspecified atom stereocenters. The van der Waals surface area contributed by atoms with Crippen molar-refractivity contribution in [3.63, 3.8) is 0 Å². The van der Waals surface area contributed by atoms with Crippen molar-refractivity contribution in [2.24, 2.45) is 4.99 Å². The van der Waals surface area contributed by atoms with Gasteiger partial charge in [0.1, 0.15) is 6.54 Å². The third kappa shape index (κ3) is 7.45. The van der Waals surface area contributed by atoms with E-state index in [1.165, 1.54) is 4.90 Å². The van der Waals surface area contributed by atoms with Crippen molar-refractivity contribution in [2.45, 2.75) is 6.92 Å². The third-order valence-electron chi connectivity index (χ3n) is 2.94. The molecule has 1 aromatic rings. The van der Waals surface area contributed by atoms with Crippen molar-refractivity contribution in [1.82, 2.24) is 15.5 Å². The predicted octanol–water partition coefficient (Wildman–Crippen LogP) is 1.30. The summed E-state index contributed by atoms with van der Waals surface area (Å²) in [5.41, 5.74) is -0.486. The molecule has 146 valence electrons. The van der Waals surface area contributed by atoms with Crippen molar-refractivity contribution in [3.05, 3.63) is 29.6 Å². The summed E-state index contributed by atoms with van der Waals surface area (Å²) in [6.07, 6.45) is 0. The molecule has 0 aliphatic carbocycles. The first kappa shape index (κ1) is 23.9. The number of anilines is 1. The van der Waals surface area contributed by atoms with Crippen LogP contribution in [0.15, 0.2) is 17.1 Å². The van der Waals surface area contributed by atoms with Gasteiger partial charge >= 0.3 is 0 Å². The van der Waals surface area contributed by atoms with Crippen molar-refractivity contribution < 1.29 is 22.8 Å². The molecule has 2 amide bonds. The fourth-order valence-electron chi connectivity index (χ4n) is 1.62. The lowest BCUT2D eigenvalue weighted by Crippen LogP contribution is -2.43. The van der Waals surface area contributed by atoms with Gasteiger partial charge in [-0.25, -0.2) is 18.2 Å². The first-order chi connectivity index (χ1) is 11.8. The number of carbonyl (C=O) groups is 2. The predicted molar refractivity (Wildman–Crippen MR) is 103 cm³/mol. The average Bonchev–Trinajstić information content (AvgIpc) is 2.57. The Kier molecular flexibility index (Phi) is 10.6. The smallest absolute Gasteiger partial charge is 0.246 e. The van der Waals surface area contributed by atoms with Gasteiger partial charge in [-0.3, -0.25) is 9.59 Å². The molecule has 0 radical (unpaired) electrons. The molecule has 7 nitrogen and oxygen atoms in total. The molecule has 1 aromatic carbocycles. The zero-order chi connectivity index (χ0) is 19.0. The van der Waals surface area contributed by atoms with Crippen LogP contribution in [0.4, 0.5) is 18.9 Å². The van der Waals surface area contributed by atoms with Crippen LogP contribution in [0.5, 0.6) is 0 Å². The van der Waals surface area contributed by atoms with E-state index < -0.39 is 35.6 Å². The molecule has 3 N–H and O–H groups in total. The second-order valence-electron chi connectivity index (χ2n) is 5.11. The summed E-state index contributed by atoms with van der Waals surface area (Å²) >= 11 is 0. The highest BCUT2D eigenvalue weighted by Crippen LogP contribution is 2.19. The monoisotopic (exact) mass is 487 g/mol. The lowest BCUT2D eigenvalue weighted by molar-refractivity contribution is -0.127. The number of halogens is 4. The van der Waals surface area contributed by atoms with Crippen molar-refractivity contribution in [3.8, 4) is 0 Å². The third-order valence-corrected chi connectivity index (χ3v) is 2.94. The van der Waals surface area contributed by atoms with Crippen LogP contribution in [-0.4, -0.2) is 56.4 Å². The first-order valence-electron chi connectivity index (χ1n) is 7.42. The Morgan fingerprint density at radius 1 is 1.12 bits per heavy atom. The second-order valence-corrected chi connectivity index (χ2v) is 5.11. The van der Waals surface area contributed by atoms with Crippen LogP contribution in [0.1, 0.15) is 6.92 Å². The average molecular weight is 487 g/mol. The van der Waals surface area contributed by atoms with Gasteiger partial charge in [-0.1, -0.05) is 0 Å². The maximum absolute atomic E-state index is 13.5. The number of hydrogen-bond acceptors (Lipinski definition) is 3. The minimum atomic E-state index is -1.67. The molecule has 0 saturated carbocycles. The van der Waals surface area contributed by atoms with Crippen LogP contribution >= 0.6 is 24.0 Å². The number of likely N-dealkylation sites (N-methyl/N-ethyl adjacent to an activating group) is 1. The number of nitrogens with one attached hydrogen (secondary N) is 3. The maximum Gasteiger partial charge on any atom is 0.246 e. The highest BCUT2D eigenvalue weighted by molar-refractivity contribution is 14.0. The van der Waals surface area contributed by atoms with Gasteiger partial charge in [0, 0.05) is 20.6 Å². The van der Waals surface area contributed by atoms with E-state index in [0.29, 0.717) is 12.6 Å². The van der Waals surface area contributed by atoms with Crippen molar-refractivity contribution >= 4 is 47.4 Å². The maximum atomic E-state index is 13.5. The lowest BCUT2D eigenvalue weighted by Gasteiger charge is -2.14. The minimum Gasteiger partial charge on any atom is -0.357 e. The van der Waals surface area contributed by atoms with E-state index in [-0.39, 0.29) is 42.4 Å². The number of rotatable bonds is 6. The van der Waals surface area contributed by atoms with Crippen molar-refractivity contribution in [2.75, 3.05) is 39.0 Å². The molecule has 0 bridgehead atoms. The van der Waals surface area contributed by atoms with E-state index in [0.717, 1.165) is 6.07 Å². The summed E-state index contributed by atoms with van der Waals surface area (Å²) < 4.78 is 39.5. The summed E-state index contributed by atoms with van der Waals surface area (Å²) in [4.78, 5) is 28.6. The molecule has 0 aliphatic rings. The largest absolute Gasteiger partial charge is 0.357 e. The van der Waals surface area contributed by atoms with E-state index in [1.807, 2.05) is 0 Å². The van der Waals surface area contributed by atoms with Crippen molar-refractivity contribution in [1.29, 1.82) is 0 Å². The van der Waals surface area contributed by atoms with Crippen LogP contribution in [0.3, 0.4) is 0 Å². The fraction of sp³-hybridized carbons (Fsp3) is 0.400. The van der Waals surface area contributed by atoms with Gasteiger partial charge in [0.25, 0.3) is 0 Å². The van der Waals surface area contributed by atoms with Crippen LogP contribution in [0.2, 0.25) is 0 Å². The van der Waals surface area contributed by atoms with Crippen LogP contribution < -0.4 is 16.0 Å². The van der Waals surface area contributed by atoms with Gasteiger partial charge in [0.05, 0.1) is 12.2 Å². The Morgan fingerprint density at radius 2 is 1.77 bits per heavy atom. The van der Waals surface area contributed by atoms with Gasteiger partial charge in [-0.2, -0.15) is 0 Å². The van der Waals surface area contributed by atoms with Gasteiger partial charge in [-0.05, 0) is 19.1 Å². The molecule has 1 rings (SSSR count). The first-order valence-corrected chi connectivity index (χ1v) is 7.42. The molecule has 11 heteroatoms. The van der Waals surface area contributed by atoms with Crippen LogP contribution in [0.25, 0.3) is 0 Å². The zero-order valence-electron chi connectivity index (χ0n) is 14.5. The Balaban J connectivity index is 0.00000625. The Hall–Kier alpha value is -2.05. The molecule has 26 heavy (non-hydrogen) atoms. The number of hydrogen-bond donors (Lipinski definition) is 3. The van der Waals surface area contributed by atoms with E-state index >= 15 is 0 Å². The molecule has 0 fully saturated rings. The minimum absolute atomic E-state index is 0. The van der Waals surface area contributed by atoms with Crippen LogP contribution in [0, 0.1) is 17.5 Å². The number of guanidine groups is 1. The SMILES string of the molecule is CCNC(=NCC(=O)Nc1ccc(F)c(F)c1F)NCC(=O)N(C)C.I. The second kappa shape index (κ2) is 11.5. The molecule has 0 atom stereocenters. The summed E-state index contributed by atoms with van der Waals surface area (Å²) in [6, 6.07) is 1.62. The topological polar surface area (TPSA) is 85.8 Å². The Morgan fingerprint density at radius 3 is 2.35 bits per heavy atom. The molecule has 0 aromatic heterocycles. The van der Waals surface area contributed by atoms with Gasteiger partial charge in [-0.15, -0.1) is 24.0 Å². The number of amides is 2. The molecule has 0 saturated heterocycles. The molecular weight excluding hydrogens is 466 g/mol. The van der Waals surface area contributed by atoms with Crippen LogP contribution in [-0.2, 0) is 9.59 Å². The molecule has 0 spiro atoms. The highest BCUT2D eigenvalue weighted by Gasteiger charge is 2.15. The summed E-state index contributed by atoms with van der Waals surface area (Å²) in [7, 11) is 3.19. The summed E-state index contributed by atoms with van der Waals surface area (Å²) in [6.45, 7) is 1.84. The number of aliphatic imine (C=N–C) groups is 1.